The van der Waals surface area contributed by atoms with E-state index in [9.17, 15) is 9.18 Å². The van der Waals surface area contributed by atoms with E-state index in [0.717, 1.165) is 18.5 Å². The van der Waals surface area contributed by atoms with Crippen LogP contribution in [0.5, 0.6) is 0 Å². The zero-order valence-electron chi connectivity index (χ0n) is 12.8. The van der Waals surface area contributed by atoms with E-state index in [0.29, 0.717) is 18.7 Å². The molecule has 2 unspecified atom stereocenters. The standard InChI is InChI=1S/C16H23FN2O2/c1-11-4-5-13(8-14(11)17)12(2)19-15(20)16(10-21-3)6-7-18-9-16/h4-5,8,12,18H,6-7,9-10H2,1-3H3,(H,19,20). The molecule has 0 radical (unpaired) electrons. The lowest BCUT2D eigenvalue weighted by atomic mass is 9.86. The number of benzene rings is 1. The van der Waals surface area contributed by atoms with Gasteiger partial charge < -0.3 is 15.4 Å². The number of methoxy groups -OCH3 is 1. The summed E-state index contributed by atoms with van der Waals surface area (Å²) < 4.78 is 18.8. The van der Waals surface area contributed by atoms with Gasteiger partial charge in [-0.05, 0) is 44.0 Å². The molecule has 1 aliphatic rings. The van der Waals surface area contributed by atoms with Crippen LogP contribution in [0.2, 0.25) is 0 Å². The molecule has 1 fully saturated rings. The van der Waals surface area contributed by atoms with E-state index < -0.39 is 5.41 Å². The molecule has 5 heteroatoms. The van der Waals surface area contributed by atoms with Crippen LogP contribution < -0.4 is 10.6 Å². The maximum atomic E-state index is 13.6. The minimum Gasteiger partial charge on any atom is -0.384 e. The van der Waals surface area contributed by atoms with Gasteiger partial charge in [0.2, 0.25) is 5.91 Å². The van der Waals surface area contributed by atoms with Gasteiger partial charge in [0.25, 0.3) is 0 Å². The molecule has 0 spiro atoms. The summed E-state index contributed by atoms with van der Waals surface area (Å²) in [5.41, 5.74) is 0.852. The average molecular weight is 294 g/mol. The van der Waals surface area contributed by atoms with E-state index in [1.165, 1.54) is 6.07 Å². The molecule has 1 amide bonds. The summed E-state index contributed by atoms with van der Waals surface area (Å²) in [5, 5.41) is 6.19. The predicted octanol–water partition coefficient (Wildman–Crippen LogP) is 1.94. The largest absolute Gasteiger partial charge is 0.384 e. The first kappa shape index (κ1) is 15.9. The van der Waals surface area contributed by atoms with Crippen molar-refractivity contribution in [1.82, 2.24) is 10.6 Å². The Labute approximate surface area is 125 Å². The van der Waals surface area contributed by atoms with Crippen molar-refractivity contribution >= 4 is 5.91 Å². The highest BCUT2D eigenvalue weighted by Crippen LogP contribution is 2.27. The van der Waals surface area contributed by atoms with Gasteiger partial charge in [0.05, 0.1) is 18.1 Å². The van der Waals surface area contributed by atoms with Gasteiger partial charge in [-0.1, -0.05) is 12.1 Å². The van der Waals surface area contributed by atoms with Crippen molar-refractivity contribution in [3.05, 3.63) is 35.1 Å². The van der Waals surface area contributed by atoms with Crippen molar-refractivity contribution in [1.29, 1.82) is 0 Å². The van der Waals surface area contributed by atoms with Gasteiger partial charge in [-0.3, -0.25) is 4.79 Å². The van der Waals surface area contributed by atoms with Crippen LogP contribution in [0.15, 0.2) is 18.2 Å². The van der Waals surface area contributed by atoms with Gasteiger partial charge in [-0.2, -0.15) is 0 Å². The highest BCUT2D eigenvalue weighted by atomic mass is 19.1. The number of aryl methyl sites for hydroxylation is 1. The fraction of sp³-hybridized carbons (Fsp3) is 0.562. The van der Waals surface area contributed by atoms with E-state index >= 15 is 0 Å². The Kier molecular flexibility index (Phi) is 4.96. The molecule has 0 aromatic heterocycles. The van der Waals surface area contributed by atoms with E-state index in [-0.39, 0.29) is 17.8 Å². The topological polar surface area (TPSA) is 50.4 Å². The minimum atomic E-state index is -0.522. The van der Waals surface area contributed by atoms with E-state index in [4.69, 9.17) is 4.74 Å². The molecule has 2 atom stereocenters. The van der Waals surface area contributed by atoms with Crippen LogP contribution in [-0.2, 0) is 9.53 Å². The van der Waals surface area contributed by atoms with Crippen LogP contribution in [0.25, 0.3) is 0 Å². The maximum absolute atomic E-state index is 13.6. The fourth-order valence-electron chi connectivity index (χ4n) is 2.71. The second-order valence-electron chi connectivity index (χ2n) is 5.84. The lowest BCUT2D eigenvalue weighted by molar-refractivity contribution is -0.133. The third-order valence-corrected chi connectivity index (χ3v) is 4.19. The number of hydrogen-bond donors (Lipinski definition) is 2. The quantitative estimate of drug-likeness (QED) is 0.872. The number of halogens is 1. The summed E-state index contributed by atoms with van der Waals surface area (Å²) in [4.78, 5) is 12.6. The first-order valence-electron chi connectivity index (χ1n) is 7.25. The highest BCUT2D eigenvalue weighted by molar-refractivity contribution is 5.83. The molecule has 0 saturated carbocycles. The summed E-state index contributed by atoms with van der Waals surface area (Å²) in [6.45, 7) is 5.40. The van der Waals surface area contributed by atoms with Gasteiger partial charge in [-0.25, -0.2) is 4.39 Å². The number of carbonyl (C=O) groups is 1. The zero-order valence-corrected chi connectivity index (χ0v) is 12.8. The fourth-order valence-corrected chi connectivity index (χ4v) is 2.71. The lowest BCUT2D eigenvalue weighted by Crippen LogP contribution is -2.46. The van der Waals surface area contributed by atoms with Crippen LogP contribution in [0.4, 0.5) is 4.39 Å². The Bertz CT molecular complexity index is 513. The van der Waals surface area contributed by atoms with Gasteiger partial charge in [0, 0.05) is 13.7 Å². The van der Waals surface area contributed by atoms with Crippen LogP contribution in [0.3, 0.4) is 0 Å². The number of nitrogens with one attached hydrogen (secondary N) is 2. The molecule has 1 saturated heterocycles. The SMILES string of the molecule is COCC1(C(=O)NC(C)c2ccc(C)c(F)c2)CCNC1. The normalized spacial score (nSPS) is 23.0. The Morgan fingerprint density at radius 2 is 2.33 bits per heavy atom. The maximum Gasteiger partial charge on any atom is 0.230 e. The minimum absolute atomic E-state index is 0.0390. The van der Waals surface area contributed by atoms with Crippen molar-refractivity contribution < 1.29 is 13.9 Å². The zero-order chi connectivity index (χ0) is 15.5. The summed E-state index contributed by atoms with van der Waals surface area (Å²) in [6.07, 6.45) is 0.752. The summed E-state index contributed by atoms with van der Waals surface area (Å²) >= 11 is 0. The lowest BCUT2D eigenvalue weighted by Gasteiger charge is -2.28. The predicted molar refractivity (Wildman–Crippen MR) is 79.5 cm³/mol. The molecule has 116 valence electrons. The number of ether oxygens (including phenoxy) is 1. The molecule has 4 nitrogen and oxygen atoms in total. The van der Waals surface area contributed by atoms with Gasteiger partial charge in [0.1, 0.15) is 5.82 Å². The van der Waals surface area contributed by atoms with E-state index in [1.54, 1.807) is 20.1 Å². The molecule has 21 heavy (non-hydrogen) atoms. The summed E-state index contributed by atoms with van der Waals surface area (Å²) in [5.74, 6) is -0.287. The van der Waals surface area contributed by atoms with Gasteiger partial charge in [-0.15, -0.1) is 0 Å². The molecular formula is C16H23FN2O2. The smallest absolute Gasteiger partial charge is 0.230 e. The van der Waals surface area contributed by atoms with Crippen molar-refractivity contribution in [3.63, 3.8) is 0 Å². The Morgan fingerprint density at radius 1 is 1.57 bits per heavy atom. The molecule has 0 aliphatic carbocycles. The summed E-state index contributed by atoms with van der Waals surface area (Å²) in [6, 6.07) is 4.83. The van der Waals surface area contributed by atoms with Crippen molar-refractivity contribution in [3.8, 4) is 0 Å². The molecule has 1 aromatic rings. The molecule has 2 rings (SSSR count). The van der Waals surface area contributed by atoms with Crippen molar-refractivity contribution in [2.45, 2.75) is 26.3 Å². The molecule has 1 aliphatic heterocycles. The third kappa shape index (κ3) is 3.41. The molecule has 2 N–H and O–H groups in total. The second kappa shape index (κ2) is 6.54. The summed E-state index contributed by atoms with van der Waals surface area (Å²) in [7, 11) is 1.60. The van der Waals surface area contributed by atoms with Crippen LogP contribution >= 0.6 is 0 Å². The van der Waals surface area contributed by atoms with Crippen LogP contribution in [0.1, 0.15) is 30.5 Å². The monoisotopic (exact) mass is 294 g/mol. The second-order valence-corrected chi connectivity index (χ2v) is 5.84. The van der Waals surface area contributed by atoms with E-state index in [2.05, 4.69) is 10.6 Å². The third-order valence-electron chi connectivity index (χ3n) is 4.19. The van der Waals surface area contributed by atoms with Gasteiger partial charge in [0.15, 0.2) is 0 Å². The molecule has 1 aromatic carbocycles. The highest BCUT2D eigenvalue weighted by Gasteiger charge is 2.41. The average Bonchev–Trinajstić information content (AvgIpc) is 2.92. The number of carbonyl (C=O) groups excluding carboxylic acids is 1. The number of rotatable bonds is 5. The molecule has 1 heterocycles. The van der Waals surface area contributed by atoms with Crippen LogP contribution in [0, 0.1) is 18.2 Å². The molecule has 0 bridgehead atoms. The van der Waals surface area contributed by atoms with Gasteiger partial charge >= 0.3 is 0 Å². The number of hydrogen-bond acceptors (Lipinski definition) is 3. The van der Waals surface area contributed by atoms with Crippen LogP contribution in [-0.4, -0.2) is 32.7 Å². The Hall–Kier alpha value is -1.46. The Balaban J connectivity index is 2.08. The molecular weight excluding hydrogens is 271 g/mol. The first-order chi connectivity index (χ1) is 9.98. The Morgan fingerprint density at radius 3 is 2.90 bits per heavy atom. The number of amides is 1. The van der Waals surface area contributed by atoms with Crippen molar-refractivity contribution in [2.24, 2.45) is 5.41 Å². The first-order valence-corrected chi connectivity index (χ1v) is 7.25. The van der Waals surface area contributed by atoms with E-state index in [1.807, 2.05) is 13.0 Å². The van der Waals surface area contributed by atoms with Crippen molar-refractivity contribution in [2.75, 3.05) is 26.8 Å².